The van der Waals surface area contributed by atoms with Crippen LogP contribution in [0.4, 0.5) is 5.69 Å². The monoisotopic (exact) mass is 331 g/mol. The Morgan fingerprint density at radius 1 is 0.792 bits per heavy atom. The number of nitro benzene ring substituents is 1. The van der Waals surface area contributed by atoms with Crippen molar-refractivity contribution in [3.63, 3.8) is 0 Å². The van der Waals surface area contributed by atoms with Gasteiger partial charge < -0.3 is 0 Å². The van der Waals surface area contributed by atoms with Crippen molar-refractivity contribution in [3.05, 3.63) is 88.0 Å². The van der Waals surface area contributed by atoms with E-state index in [2.05, 4.69) is 24.3 Å². The molecule has 0 fully saturated rings. The number of fused-ring (bicyclic) bond motifs is 2. The van der Waals surface area contributed by atoms with Gasteiger partial charge in [-0.3, -0.25) is 10.1 Å². The molecule has 116 valence electrons. The van der Waals surface area contributed by atoms with Gasteiger partial charge in [-0.2, -0.15) is 0 Å². The van der Waals surface area contributed by atoms with Gasteiger partial charge in [0.25, 0.3) is 5.69 Å². The molecule has 3 aromatic rings. The molecule has 1 aliphatic rings. The molecule has 24 heavy (non-hydrogen) atoms. The first kappa shape index (κ1) is 14.7. The van der Waals surface area contributed by atoms with E-state index in [0.717, 1.165) is 16.0 Å². The van der Waals surface area contributed by atoms with Gasteiger partial charge in [0.15, 0.2) is 0 Å². The number of rotatable bonds is 2. The Kier molecular flexibility index (Phi) is 3.67. The number of hydrogen-bond acceptors (Lipinski definition) is 3. The van der Waals surface area contributed by atoms with E-state index in [1.807, 2.05) is 36.4 Å². The molecule has 0 radical (unpaired) electrons. The van der Waals surface area contributed by atoms with Crippen molar-refractivity contribution in [3.8, 4) is 11.1 Å². The minimum absolute atomic E-state index is 0.131. The van der Waals surface area contributed by atoms with Crippen LogP contribution in [0.15, 0.2) is 76.5 Å². The molecule has 0 N–H and O–H groups in total. The molecule has 4 heteroatoms. The van der Waals surface area contributed by atoms with Crippen molar-refractivity contribution < 1.29 is 4.92 Å². The third kappa shape index (κ3) is 2.61. The van der Waals surface area contributed by atoms with Gasteiger partial charge in [-0.05, 0) is 41.0 Å². The first-order valence-electron chi connectivity index (χ1n) is 7.55. The zero-order valence-electron chi connectivity index (χ0n) is 12.7. The van der Waals surface area contributed by atoms with Crippen LogP contribution in [0.3, 0.4) is 0 Å². The van der Waals surface area contributed by atoms with E-state index in [9.17, 15) is 10.1 Å². The van der Waals surface area contributed by atoms with Crippen molar-refractivity contribution in [2.45, 2.75) is 9.79 Å². The molecule has 3 aromatic carbocycles. The van der Waals surface area contributed by atoms with Gasteiger partial charge in [-0.25, -0.2) is 0 Å². The molecule has 1 heterocycles. The molecule has 0 amide bonds. The van der Waals surface area contributed by atoms with Crippen LogP contribution in [0, 0.1) is 10.1 Å². The molecule has 3 nitrogen and oxygen atoms in total. The predicted octanol–water partition coefficient (Wildman–Crippen LogP) is 5.90. The van der Waals surface area contributed by atoms with Crippen molar-refractivity contribution in [2.24, 2.45) is 0 Å². The lowest BCUT2D eigenvalue weighted by Gasteiger charge is -2.08. The molecule has 4 rings (SSSR count). The summed E-state index contributed by atoms with van der Waals surface area (Å²) < 4.78 is 0. The summed E-state index contributed by atoms with van der Waals surface area (Å²) >= 11 is 1.72. The SMILES string of the molecule is O=[N+]([O-])c1ccccc1-c1ccc2c(c1)C=Cc1ccccc1S2. The van der Waals surface area contributed by atoms with Crippen molar-refractivity contribution >= 4 is 29.6 Å². The van der Waals surface area contributed by atoms with E-state index in [-0.39, 0.29) is 10.6 Å². The molecule has 0 saturated heterocycles. The minimum Gasteiger partial charge on any atom is -0.258 e. The highest BCUT2D eigenvalue weighted by molar-refractivity contribution is 7.99. The largest absolute Gasteiger partial charge is 0.277 e. The van der Waals surface area contributed by atoms with Crippen LogP contribution in [0.5, 0.6) is 0 Å². The molecule has 0 unspecified atom stereocenters. The van der Waals surface area contributed by atoms with Crippen LogP contribution in [0.2, 0.25) is 0 Å². The zero-order chi connectivity index (χ0) is 16.5. The summed E-state index contributed by atoms with van der Waals surface area (Å²) in [6.07, 6.45) is 4.17. The minimum atomic E-state index is -0.332. The van der Waals surface area contributed by atoms with E-state index < -0.39 is 0 Å². The number of hydrogen-bond donors (Lipinski definition) is 0. The molecular weight excluding hydrogens is 318 g/mol. The van der Waals surface area contributed by atoms with Crippen LogP contribution in [0.25, 0.3) is 23.3 Å². The second-order valence-corrected chi connectivity index (χ2v) is 6.58. The second-order valence-electron chi connectivity index (χ2n) is 5.50. The molecule has 0 saturated carbocycles. The summed E-state index contributed by atoms with van der Waals surface area (Å²) in [6.45, 7) is 0. The Morgan fingerprint density at radius 2 is 1.50 bits per heavy atom. The molecule has 0 spiro atoms. The Balaban J connectivity index is 1.82. The third-order valence-electron chi connectivity index (χ3n) is 4.00. The average molecular weight is 331 g/mol. The maximum atomic E-state index is 11.3. The quantitative estimate of drug-likeness (QED) is 0.339. The maximum absolute atomic E-state index is 11.3. The lowest BCUT2D eigenvalue weighted by molar-refractivity contribution is -0.384. The fourth-order valence-electron chi connectivity index (χ4n) is 2.83. The van der Waals surface area contributed by atoms with Crippen molar-refractivity contribution in [1.29, 1.82) is 0 Å². The standard InChI is InChI=1S/C20H13NO2S/c22-21(23)18-7-3-2-6-17(18)15-11-12-20-16(13-15)10-9-14-5-1-4-8-19(14)24-20/h1-13H. The van der Waals surface area contributed by atoms with Gasteiger partial charge in [-0.1, -0.05) is 60.3 Å². The van der Waals surface area contributed by atoms with Gasteiger partial charge in [0.2, 0.25) is 0 Å². The van der Waals surface area contributed by atoms with Crippen LogP contribution in [-0.4, -0.2) is 4.92 Å². The first-order chi connectivity index (χ1) is 11.7. The highest BCUT2D eigenvalue weighted by atomic mass is 32.2. The molecule has 0 aromatic heterocycles. The molecule has 1 aliphatic heterocycles. The molecule has 0 bridgehead atoms. The summed E-state index contributed by atoms with van der Waals surface area (Å²) in [5.41, 5.74) is 3.89. The summed E-state index contributed by atoms with van der Waals surface area (Å²) in [4.78, 5) is 13.3. The topological polar surface area (TPSA) is 43.1 Å². The third-order valence-corrected chi connectivity index (χ3v) is 5.19. The summed E-state index contributed by atoms with van der Waals surface area (Å²) in [7, 11) is 0. The average Bonchev–Trinajstić information content (AvgIpc) is 2.80. The number of benzene rings is 3. The van der Waals surface area contributed by atoms with Crippen LogP contribution >= 0.6 is 11.8 Å². The van der Waals surface area contributed by atoms with Crippen molar-refractivity contribution in [2.75, 3.05) is 0 Å². The normalized spacial score (nSPS) is 12.2. The fraction of sp³-hybridized carbons (Fsp3) is 0. The lowest BCUT2D eigenvalue weighted by atomic mass is 10.0. The zero-order valence-corrected chi connectivity index (χ0v) is 13.5. The number of para-hydroxylation sites is 1. The van der Waals surface area contributed by atoms with Crippen LogP contribution in [0.1, 0.15) is 11.1 Å². The van der Waals surface area contributed by atoms with Crippen LogP contribution < -0.4 is 0 Å². The van der Waals surface area contributed by atoms with E-state index in [0.29, 0.717) is 5.56 Å². The summed E-state index contributed by atoms with van der Waals surface area (Å²) in [5, 5.41) is 11.3. The second kappa shape index (κ2) is 5.98. The van der Waals surface area contributed by atoms with Gasteiger partial charge in [0, 0.05) is 15.9 Å². The Bertz CT molecular complexity index is 979. The number of nitro groups is 1. The Hall–Kier alpha value is -2.85. The van der Waals surface area contributed by atoms with Gasteiger partial charge >= 0.3 is 0 Å². The maximum Gasteiger partial charge on any atom is 0.277 e. The van der Waals surface area contributed by atoms with Crippen LogP contribution in [-0.2, 0) is 0 Å². The van der Waals surface area contributed by atoms with E-state index >= 15 is 0 Å². The van der Waals surface area contributed by atoms with Gasteiger partial charge in [-0.15, -0.1) is 0 Å². The summed E-state index contributed by atoms with van der Waals surface area (Å²) in [5.74, 6) is 0. The molecule has 0 atom stereocenters. The van der Waals surface area contributed by atoms with Gasteiger partial charge in [0.05, 0.1) is 10.5 Å². The highest BCUT2D eigenvalue weighted by Crippen LogP contribution is 2.39. The summed E-state index contributed by atoms with van der Waals surface area (Å²) in [6, 6.07) is 21.1. The number of nitrogens with zero attached hydrogens (tertiary/aromatic N) is 1. The molecule has 0 aliphatic carbocycles. The first-order valence-corrected chi connectivity index (χ1v) is 8.37. The Morgan fingerprint density at radius 3 is 2.38 bits per heavy atom. The highest BCUT2D eigenvalue weighted by Gasteiger charge is 2.16. The van der Waals surface area contributed by atoms with Gasteiger partial charge in [0.1, 0.15) is 0 Å². The van der Waals surface area contributed by atoms with E-state index in [1.54, 1.807) is 30.0 Å². The molecular formula is C20H13NO2S. The predicted molar refractivity (Wildman–Crippen MR) is 98.0 cm³/mol. The van der Waals surface area contributed by atoms with E-state index in [1.165, 1.54) is 10.5 Å². The smallest absolute Gasteiger partial charge is 0.258 e. The Labute approximate surface area is 143 Å². The lowest BCUT2D eigenvalue weighted by Crippen LogP contribution is -1.92. The fourth-order valence-corrected chi connectivity index (χ4v) is 3.84. The van der Waals surface area contributed by atoms with E-state index in [4.69, 9.17) is 0 Å². The van der Waals surface area contributed by atoms with Crippen molar-refractivity contribution in [1.82, 2.24) is 0 Å².